The van der Waals surface area contributed by atoms with Crippen molar-refractivity contribution in [2.75, 3.05) is 20.7 Å². The minimum Gasteiger partial charge on any atom is -0.423 e. The molecule has 0 heterocycles. The molecule has 0 aromatic rings. The van der Waals surface area contributed by atoms with Crippen molar-refractivity contribution in [2.24, 2.45) is 0 Å². The predicted molar refractivity (Wildman–Crippen MR) is 47.0 cm³/mol. The maximum atomic E-state index is 5.66. The zero-order valence-electron chi connectivity index (χ0n) is 7.56. The molecule has 0 fully saturated rings. The molecule has 0 aliphatic heterocycles. The third-order valence-electron chi connectivity index (χ3n) is 1.84. The van der Waals surface area contributed by atoms with E-state index < -0.39 is 8.48 Å². The summed E-state index contributed by atoms with van der Waals surface area (Å²) in [4.78, 5) is 0. The lowest BCUT2D eigenvalue weighted by Crippen LogP contribution is -2.60. The molecular formula is C6H17NOSi2+. The van der Waals surface area contributed by atoms with Crippen molar-refractivity contribution in [3.8, 4) is 0 Å². The fourth-order valence-electron chi connectivity index (χ4n) is 0.515. The monoisotopic (exact) mass is 175 g/mol. The summed E-state index contributed by atoms with van der Waals surface area (Å²) in [5.41, 5.74) is 0. The van der Waals surface area contributed by atoms with E-state index >= 15 is 0 Å². The Morgan fingerprint density at radius 2 is 1.80 bits per heavy atom. The van der Waals surface area contributed by atoms with Crippen LogP contribution in [-0.4, -0.2) is 43.4 Å². The van der Waals surface area contributed by atoms with Crippen LogP contribution in [0.2, 0.25) is 13.1 Å². The second-order valence-electron chi connectivity index (χ2n) is 3.33. The van der Waals surface area contributed by atoms with Crippen molar-refractivity contribution in [1.29, 1.82) is 0 Å². The van der Waals surface area contributed by atoms with Gasteiger partial charge in [0.15, 0.2) is 0 Å². The molecule has 0 atom stereocenters. The van der Waals surface area contributed by atoms with E-state index in [9.17, 15) is 0 Å². The van der Waals surface area contributed by atoms with Gasteiger partial charge in [0, 0.05) is 33.8 Å². The molecule has 0 bridgehead atoms. The van der Waals surface area contributed by atoms with Gasteiger partial charge in [-0.25, -0.2) is 0 Å². The van der Waals surface area contributed by atoms with Gasteiger partial charge in [-0.05, 0) is 6.92 Å². The topological polar surface area (TPSA) is 9.23 Å². The van der Waals surface area contributed by atoms with E-state index in [1.165, 1.54) is 0 Å². The van der Waals surface area contributed by atoms with Crippen molar-refractivity contribution in [3.63, 3.8) is 0 Å². The SMILES string of the molecule is CCO[Si](C)(C)[N+](C)(C)[Si]. The summed E-state index contributed by atoms with van der Waals surface area (Å²) in [6, 6.07) is 0. The summed E-state index contributed by atoms with van der Waals surface area (Å²) in [5, 5.41) is 0. The third-order valence-corrected chi connectivity index (χ3v) is 7.15. The quantitative estimate of drug-likeness (QED) is 0.579. The molecule has 0 aliphatic rings. The number of hydrogen-bond donors (Lipinski definition) is 0. The van der Waals surface area contributed by atoms with Gasteiger partial charge in [-0.1, -0.05) is 0 Å². The van der Waals surface area contributed by atoms with E-state index in [0.29, 0.717) is 0 Å². The Labute approximate surface area is 68.5 Å². The lowest BCUT2D eigenvalue weighted by molar-refractivity contribution is -0.673. The average Bonchev–Trinajstić information content (AvgIpc) is 1.61. The minimum atomic E-state index is -1.55. The van der Waals surface area contributed by atoms with Crippen LogP contribution >= 0.6 is 0 Å². The summed E-state index contributed by atoms with van der Waals surface area (Å²) in [7, 11) is 6.29. The van der Waals surface area contributed by atoms with E-state index in [-0.39, 0.29) is 0 Å². The minimum absolute atomic E-state index is 0.779. The Bertz CT molecular complexity index is 109. The van der Waals surface area contributed by atoms with Crippen LogP contribution in [0.25, 0.3) is 0 Å². The molecule has 0 aliphatic carbocycles. The van der Waals surface area contributed by atoms with Gasteiger partial charge in [-0.3, -0.25) is 0 Å². The first kappa shape index (κ1) is 10.4. The lowest BCUT2D eigenvalue weighted by atomic mass is 10.9. The first-order valence-corrected chi connectivity index (χ1v) is 6.84. The first-order chi connectivity index (χ1) is 4.31. The number of hydrogen-bond acceptors (Lipinski definition) is 1. The van der Waals surface area contributed by atoms with E-state index in [4.69, 9.17) is 4.43 Å². The average molecular weight is 175 g/mol. The van der Waals surface area contributed by atoms with E-state index in [2.05, 4.69) is 37.6 Å². The third kappa shape index (κ3) is 2.53. The van der Waals surface area contributed by atoms with Gasteiger partial charge >= 0.3 is 18.9 Å². The fraction of sp³-hybridized carbons (Fsp3) is 1.00. The zero-order chi connectivity index (χ0) is 8.41. The number of quaternary nitrogens is 1. The predicted octanol–water partition coefficient (Wildman–Crippen LogP) is 0.885. The molecule has 0 N–H and O–H groups in total. The molecule has 0 spiro atoms. The van der Waals surface area contributed by atoms with Crippen molar-refractivity contribution >= 4 is 18.9 Å². The van der Waals surface area contributed by atoms with Crippen molar-refractivity contribution in [1.82, 2.24) is 0 Å². The maximum absolute atomic E-state index is 5.66. The molecule has 10 heavy (non-hydrogen) atoms. The van der Waals surface area contributed by atoms with Crippen LogP contribution in [0.15, 0.2) is 0 Å². The highest BCUT2D eigenvalue weighted by atomic mass is 28.4. The second kappa shape index (κ2) is 3.17. The molecule has 4 heteroatoms. The molecule has 3 radical (unpaired) electrons. The summed E-state index contributed by atoms with van der Waals surface area (Å²) in [5.74, 6) is 0. The molecule has 2 nitrogen and oxygen atoms in total. The van der Waals surface area contributed by atoms with E-state index in [1.807, 2.05) is 6.92 Å². The molecule has 0 amide bonds. The Morgan fingerprint density at radius 1 is 1.40 bits per heavy atom. The smallest absolute Gasteiger partial charge is 0.423 e. The van der Waals surface area contributed by atoms with Crippen molar-refractivity contribution < 1.29 is 8.24 Å². The Hall–Kier alpha value is 0.354. The van der Waals surface area contributed by atoms with Crippen LogP contribution in [0.5, 0.6) is 0 Å². The molecule has 0 rings (SSSR count). The molecule has 0 aromatic carbocycles. The summed E-state index contributed by atoms with van der Waals surface area (Å²) in [6.07, 6.45) is 0. The van der Waals surface area contributed by atoms with Gasteiger partial charge in [-0.2, -0.15) is 0 Å². The van der Waals surface area contributed by atoms with Crippen LogP contribution in [-0.2, 0) is 4.43 Å². The highest BCUT2D eigenvalue weighted by molar-refractivity contribution is 6.66. The lowest BCUT2D eigenvalue weighted by Gasteiger charge is -2.38. The van der Waals surface area contributed by atoms with Gasteiger partial charge in [0.05, 0.1) is 0 Å². The van der Waals surface area contributed by atoms with Gasteiger partial charge < -0.3 is 8.24 Å². The normalized spacial score (nSPS) is 13.8. The van der Waals surface area contributed by atoms with Gasteiger partial charge in [0.25, 0.3) is 0 Å². The van der Waals surface area contributed by atoms with Crippen LogP contribution < -0.4 is 0 Å². The number of nitrogens with zero attached hydrogens (tertiary/aromatic N) is 1. The summed E-state index contributed by atoms with van der Waals surface area (Å²) in [6.45, 7) is 7.25. The van der Waals surface area contributed by atoms with Gasteiger partial charge in [0.2, 0.25) is 0 Å². The van der Waals surface area contributed by atoms with Crippen LogP contribution in [0.1, 0.15) is 6.92 Å². The molecular weight excluding hydrogens is 158 g/mol. The highest BCUT2D eigenvalue weighted by Crippen LogP contribution is 2.12. The number of rotatable bonds is 3. The Kier molecular flexibility index (Phi) is 3.28. The maximum Gasteiger partial charge on any atom is 0.430 e. The molecule has 0 saturated heterocycles. The van der Waals surface area contributed by atoms with Gasteiger partial charge in [-0.15, -0.1) is 0 Å². The van der Waals surface area contributed by atoms with Crippen molar-refractivity contribution in [3.05, 3.63) is 0 Å². The summed E-state index contributed by atoms with van der Waals surface area (Å²) >= 11 is 0. The first-order valence-electron chi connectivity index (χ1n) is 3.54. The van der Waals surface area contributed by atoms with Crippen molar-refractivity contribution in [2.45, 2.75) is 20.0 Å². The highest BCUT2D eigenvalue weighted by Gasteiger charge is 2.39. The zero-order valence-corrected chi connectivity index (χ0v) is 9.56. The molecule has 59 valence electrons. The molecule has 0 unspecified atom stereocenters. The Balaban J connectivity index is 4.10. The van der Waals surface area contributed by atoms with Crippen LogP contribution in [0, 0.1) is 0 Å². The fourth-order valence-corrected chi connectivity index (χ4v) is 1.74. The largest absolute Gasteiger partial charge is 0.430 e. The Morgan fingerprint density at radius 3 is 1.90 bits per heavy atom. The molecule has 0 saturated carbocycles. The summed E-state index contributed by atoms with van der Waals surface area (Å²) < 4.78 is 6.43. The van der Waals surface area contributed by atoms with E-state index in [1.54, 1.807) is 0 Å². The van der Waals surface area contributed by atoms with E-state index in [0.717, 1.165) is 10.4 Å². The molecule has 0 aromatic heterocycles. The second-order valence-corrected chi connectivity index (χ2v) is 9.20. The van der Waals surface area contributed by atoms with Crippen LogP contribution in [0.4, 0.5) is 0 Å². The van der Waals surface area contributed by atoms with Crippen LogP contribution in [0.3, 0.4) is 0 Å². The standard InChI is InChI=1S/C6H17NOSi2/c1-6-8-10(4,5)7(2,3)9/h6H2,1-5H3/q+1. The van der Waals surface area contributed by atoms with Gasteiger partial charge in [0.1, 0.15) is 0 Å².